The molecule has 5 aromatic rings. The van der Waals surface area contributed by atoms with Crippen molar-refractivity contribution in [1.82, 2.24) is 19.9 Å². The molecule has 5 rings (SSSR count). The summed E-state index contributed by atoms with van der Waals surface area (Å²) in [6, 6.07) is 15.5. The number of nitrogens with one attached hydrogen (secondary N) is 2. The number of fused-ring (bicyclic) bond motifs is 2. The van der Waals surface area contributed by atoms with Crippen LogP contribution in [0.4, 0.5) is 23.1 Å². The molecule has 0 radical (unpaired) electrons. The zero-order valence-corrected chi connectivity index (χ0v) is 15.6. The molecule has 0 unspecified atom stereocenters. The molecule has 0 aliphatic carbocycles. The van der Waals surface area contributed by atoms with Crippen LogP contribution in [0.15, 0.2) is 73.2 Å². The highest BCUT2D eigenvalue weighted by Crippen LogP contribution is 2.25. The summed E-state index contributed by atoms with van der Waals surface area (Å²) >= 11 is 0. The van der Waals surface area contributed by atoms with Crippen molar-refractivity contribution >= 4 is 44.9 Å². The van der Waals surface area contributed by atoms with Gasteiger partial charge >= 0.3 is 0 Å². The average molecular weight is 396 g/mol. The van der Waals surface area contributed by atoms with E-state index in [2.05, 4.69) is 30.6 Å². The Morgan fingerprint density at radius 1 is 0.633 bits per heavy atom. The number of hydrogen-bond donors (Lipinski definition) is 4. The fraction of sp³-hybridized carbons (Fsp3) is 0. The minimum Gasteiger partial charge on any atom is -0.508 e. The second-order valence-electron chi connectivity index (χ2n) is 6.72. The van der Waals surface area contributed by atoms with Crippen molar-refractivity contribution in [3.63, 3.8) is 0 Å². The smallest absolute Gasteiger partial charge is 0.229 e. The number of anilines is 4. The van der Waals surface area contributed by atoms with Crippen LogP contribution in [0.3, 0.4) is 0 Å². The van der Waals surface area contributed by atoms with Gasteiger partial charge in [0.25, 0.3) is 0 Å². The van der Waals surface area contributed by atoms with Crippen LogP contribution in [0.1, 0.15) is 0 Å². The highest BCUT2D eigenvalue weighted by molar-refractivity contribution is 5.84. The van der Waals surface area contributed by atoms with Crippen molar-refractivity contribution < 1.29 is 10.2 Å². The van der Waals surface area contributed by atoms with Gasteiger partial charge in [-0.05, 0) is 54.6 Å². The molecule has 0 spiro atoms. The van der Waals surface area contributed by atoms with E-state index in [4.69, 9.17) is 0 Å². The molecular formula is C22H16N6O2. The second kappa shape index (κ2) is 7.17. The predicted octanol–water partition coefficient (Wildman–Crippen LogP) is 4.47. The number of phenolic OH excluding ortho intramolecular Hbond substituents is 2. The van der Waals surface area contributed by atoms with Crippen molar-refractivity contribution in [3.8, 4) is 11.5 Å². The van der Waals surface area contributed by atoms with E-state index < -0.39 is 0 Å². The molecular weight excluding hydrogens is 380 g/mol. The van der Waals surface area contributed by atoms with E-state index in [1.54, 1.807) is 61.1 Å². The Hall–Kier alpha value is -4.46. The molecule has 0 saturated heterocycles. The third-order valence-corrected chi connectivity index (χ3v) is 4.51. The number of benzene rings is 2. The summed E-state index contributed by atoms with van der Waals surface area (Å²) in [4.78, 5) is 17.5. The summed E-state index contributed by atoms with van der Waals surface area (Å²) in [5.74, 6) is 1.35. The van der Waals surface area contributed by atoms with E-state index in [0.717, 1.165) is 27.5 Å². The van der Waals surface area contributed by atoms with Gasteiger partial charge in [0.05, 0.1) is 34.8 Å². The molecule has 8 nitrogen and oxygen atoms in total. The van der Waals surface area contributed by atoms with Gasteiger partial charge in [-0.15, -0.1) is 0 Å². The Kier molecular flexibility index (Phi) is 4.21. The Bertz CT molecular complexity index is 1290. The topological polar surface area (TPSA) is 116 Å². The van der Waals surface area contributed by atoms with E-state index >= 15 is 0 Å². The van der Waals surface area contributed by atoms with E-state index in [9.17, 15) is 10.2 Å². The lowest BCUT2D eigenvalue weighted by Crippen LogP contribution is -2.01. The van der Waals surface area contributed by atoms with E-state index in [1.807, 2.05) is 12.1 Å². The molecule has 0 fully saturated rings. The first-order chi connectivity index (χ1) is 14.6. The van der Waals surface area contributed by atoms with Crippen LogP contribution in [0.5, 0.6) is 11.5 Å². The summed E-state index contributed by atoms with van der Waals surface area (Å²) in [5.41, 5.74) is 3.01. The van der Waals surface area contributed by atoms with Gasteiger partial charge in [-0.25, -0.2) is 4.98 Å². The van der Waals surface area contributed by atoms with Crippen LogP contribution in [0, 0.1) is 0 Å². The summed E-state index contributed by atoms with van der Waals surface area (Å²) in [7, 11) is 0. The molecule has 0 amide bonds. The fourth-order valence-corrected chi connectivity index (χ4v) is 3.14. The molecule has 0 aliphatic heterocycles. The minimum atomic E-state index is 0.182. The van der Waals surface area contributed by atoms with Gasteiger partial charge in [-0.3, -0.25) is 9.97 Å². The van der Waals surface area contributed by atoms with Gasteiger partial charge in [0.1, 0.15) is 17.3 Å². The maximum absolute atomic E-state index is 9.67. The van der Waals surface area contributed by atoms with Gasteiger partial charge in [0.2, 0.25) is 5.95 Å². The SMILES string of the molecule is Oc1ccc2ncc(Nc3ccnc(Nc4cnc5ccc(O)cc5c4)n3)cc2c1. The first-order valence-electron chi connectivity index (χ1n) is 9.17. The zero-order chi connectivity index (χ0) is 20.5. The summed E-state index contributed by atoms with van der Waals surface area (Å²) in [6.45, 7) is 0. The molecule has 4 N–H and O–H groups in total. The second-order valence-corrected chi connectivity index (χ2v) is 6.72. The lowest BCUT2D eigenvalue weighted by atomic mass is 10.2. The first-order valence-corrected chi connectivity index (χ1v) is 9.17. The van der Waals surface area contributed by atoms with Gasteiger partial charge in [0, 0.05) is 17.0 Å². The lowest BCUT2D eigenvalue weighted by Gasteiger charge is -2.09. The van der Waals surface area contributed by atoms with Gasteiger partial charge in [-0.2, -0.15) is 4.98 Å². The van der Waals surface area contributed by atoms with E-state index in [-0.39, 0.29) is 11.5 Å². The van der Waals surface area contributed by atoms with Crippen LogP contribution in [-0.4, -0.2) is 30.1 Å². The number of phenols is 2. The number of aromatic hydroxyl groups is 2. The number of pyridine rings is 2. The first kappa shape index (κ1) is 17.6. The average Bonchev–Trinajstić information content (AvgIpc) is 2.73. The monoisotopic (exact) mass is 396 g/mol. The van der Waals surface area contributed by atoms with Crippen LogP contribution in [0.25, 0.3) is 21.8 Å². The summed E-state index contributed by atoms with van der Waals surface area (Å²) < 4.78 is 0. The maximum Gasteiger partial charge on any atom is 0.229 e. The summed E-state index contributed by atoms with van der Waals surface area (Å²) in [5, 5.41) is 27.3. The molecule has 8 heteroatoms. The molecule has 3 aromatic heterocycles. The van der Waals surface area contributed by atoms with E-state index in [0.29, 0.717) is 17.5 Å². The number of nitrogens with zero attached hydrogens (tertiary/aromatic N) is 4. The van der Waals surface area contributed by atoms with Crippen LogP contribution < -0.4 is 10.6 Å². The highest BCUT2D eigenvalue weighted by Gasteiger charge is 2.05. The molecule has 0 atom stereocenters. The molecule has 3 heterocycles. The Morgan fingerprint density at radius 2 is 1.23 bits per heavy atom. The maximum atomic E-state index is 9.67. The van der Waals surface area contributed by atoms with Crippen LogP contribution in [0.2, 0.25) is 0 Å². The zero-order valence-electron chi connectivity index (χ0n) is 15.6. The Labute approximate surface area is 170 Å². The van der Waals surface area contributed by atoms with Crippen molar-refractivity contribution in [2.24, 2.45) is 0 Å². The van der Waals surface area contributed by atoms with Crippen LogP contribution >= 0.6 is 0 Å². The quantitative estimate of drug-likeness (QED) is 0.352. The number of aromatic nitrogens is 4. The molecule has 30 heavy (non-hydrogen) atoms. The predicted molar refractivity (Wildman–Crippen MR) is 115 cm³/mol. The lowest BCUT2D eigenvalue weighted by molar-refractivity contribution is 0.475. The standard InChI is InChI=1S/C22H16N6O2/c29-17-1-3-19-13(9-17)7-15(11-24-19)26-21-5-6-23-22(28-21)27-16-8-14-10-18(30)2-4-20(14)25-12-16/h1-12,29-30H,(H2,23,26,27,28). The van der Waals surface area contributed by atoms with Crippen molar-refractivity contribution in [1.29, 1.82) is 0 Å². The third-order valence-electron chi connectivity index (χ3n) is 4.51. The largest absolute Gasteiger partial charge is 0.508 e. The van der Waals surface area contributed by atoms with Gasteiger partial charge in [-0.1, -0.05) is 0 Å². The van der Waals surface area contributed by atoms with Crippen LogP contribution in [-0.2, 0) is 0 Å². The van der Waals surface area contributed by atoms with Crippen molar-refractivity contribution in [2.45, 2.75) is 0 Å². The van der Waals surface area contributed by atoms with Gasteiger partial charge < -0.3 is 20.8 Å². The van der Waals surface area contributed by atoms with Crippen molar-refractivity contribution in [3.05, 3.63) is 73.2 Å². The normalized spacial score (nSPS) is 10.9. The number of rotatable bonds is 4. The molecule has 0 saturated carbocycles. The van der Waals surface area contributed by atoms with Crippen molar-refractivity contribution in [2.75, 3.05) is 10.6 Å². The Morgan fingerprint density at radius 3 is 1.87 bits per heavy atom. The number of hydrogen-bond acceptors (Lipinski definition) is 8. The summed E-state index contributed by atoms with van der Waals surface area (Å²) in [6.07, 6.45) is 5.02. The highest BCUT2D eigenvalue weighted by atomic mass is 16.3. The van der Waals surface area contributed by atoms with Gasteiger partial charge in [0.15, 0.2) is 0 Å². The Balaban J connectivity index is 1.39. The molecule has 2 aromatic carbocycles. The molecule has 146 valence electrons. The van der Waals surface area contributed by atoms with E-state index in [1.165, 1.54) is 0 Å². The fourth-order valence-electron chi connectivity index (χ4n) is 3.14. The molecule has 0 aliphatic rings. The minimum absolute atomic E-state index is 0.182. The molecule has 0 bridgehead atoms. The third kappa shape index (κ3) is 3.61.